The van der Waals surface area contributed by atoms with E-state index in [1.54, 1.807) is 0 Å². The molecule has 1 fully saturated rings. The summed E-state index contributed by atoms with van der Waals surface area (Å²) in [6, 6.07) is 8.83. The van der Waals surface area contributed by atoms with E-state index in [0.29, 0.717) is 11.3 Å². The van der Waals surface area contributed by atoms with Crippen molar-refractivity contribution in [2.75, 3.05) is 5.73 Å². The van der Waals surface area contributed by atoms with Gasteiger partial charge in [0, 0.05) is 5.39 Å². The molecule has 1 aromatic heterocycles. The summed E-state index contributed by atoms with van der Waals surface area (Å²) >= 11 is 0. The van der Waals surface area contributed by atoms with Gasteiger partial charge in [-0.15, -0.1) is 0 Å². The van der Waals surface area contributed by atoms with Crippen LogP contribution in [0, 0.1) is 5.41 Å². The van der Waals surface area contributed by atoms with E-state index in [0.717, 1.165) is 17.8 Å². The topological polar surface area (TPSA) is 38.9 Å². The molecule has 19 heavy (non-hydrogen) atoms. The van der Waals surface area contributed by atoms with E-state index in [2.05, 4.69) is 50.0 Å². The largest absolute Gasteiger partial charge is 0.383 e. The molecular formula is C17H22N2. The van der Waals surface area contributed by atoms with Gasteiger partial charge < -0.3 is 5.73 Å². The van der Waals surface area contributed by atoms with Gasteiger partial charge in [0.2, 0.25) is 0 Å². The van der Waals surface area contributed by atoms with E-state index in [1.165, 1.54) is 29.4 Å². The fourth-order valence-electron chi connectivity index (χ4n) is 2.69. The average Bonchev–Trinajstić information content (AvgIpc) is 3.09. The number of nitrogens with two attached hydrogens (primary N) is 1. The zero-order valence-electron chi connectivity index (χ0n) is 12.0. The first kappa shape index (κ1) is 12.5. The fraction of sp³-hybridized carbons (Fsp3) is 0.471. The minimum absolute atomic E-state index is 0.299. The molecular weight excluding hydrogens is 232 g/mol. The van der Waals surface area contributed by atoms with Crippen molar-refractivity contribution in [3.05, 3.63) is 35.4 Å². The maximum atomic E-state index is 6.09. The smallest absolute Gasteiger partial charge is 0.127 e. The Balaban J connectivity index is 2.01. The summed E-state index contributed by atoms with van der Waals surface area (Å²) in [5.41, 5.74) is 10.0. The zero-order chi connectivity index (χ0) is 13.6. The van der Waals surface area contributed by atoms with Crippen LogP contribution in [0.3, 0.4) is 0 Å². The van der Waals surface area contributed by atoms with E-state index in [1.807, 2.05) is 0 Å². The highest BCUT2D eigenvalue weighted by atomic mass is 14.8. The second-order valence-corrected chi connectivity index (χ2v) is 7.00. The summed E-state index contributed by atoms with van der Waals surface area (Å²) < 4.78 is 0. The Morgan fingerprint density at radius 1 is 1.21 bits per heavy atom. The average molecular weight is 254 g/mol. The third-order valence-corrected chi connectivity index (χ3v) is 3.69. The van der Waals surface area contributed by atoms with Crippen LogP contribution in [0.4, 0.5) is 5.82 Å². The molecule has 2 nitrogen and oxygen atoms in total. The van der Waals surface area contributed by atoms with Crippen molar-refractivity contribution in [1.82, 2.24) is 4.98 Å². The van der Waals surface area contributed by atoms with Gasteiger partial charge in [0.15, 0.2) is 0 Å². The van der Waals surface area contributed by atoms with Gasteiger partial charge in [-0.05, 0) is 53.9 Å². The van der Waals surface area contributed by atoms with Gasteiger partial charge in [-0.2, -0.15) is 0 Å². The van der Waals surface area contributed by atoms with Gasteiger partial charge in [-0.3, -0.25) is 0 Å². The van der Waals surface area contributed by atoms with Crippen molar-refractivity contribution in [3.8, 4) is 0 Å². The van der Waals surface area contributed by atoms with Crippen LogP contribution in [0.25, 0.3) is 10.9 Å². The lowest BCUT2D eigenvalue weighted by Crippen LogP contribution is -2.09. The van der Waals surface area contributed by atoms with Crippen LogP contribution in [0.2, 0.25) is 0 Å². The highest BCUT2D eigenvalue weighted by Gasteiger charge is 2.26. The second kappa shape index (κ2) is 4.22. The number of benzene rings is 1. The summed E-state index contributed by atoms with van der Waals surface area (Å²) in [4.78, 5) is 4.61. The van der Waals surface area contributed by atoms with Crippen LogP contribution >= 0.6 is 0 Å². The molecule has 1 aliphatic carbocycles. The monoisotopic (exact) mass is 254 g/mol. The van der Waals surface area contributed by atoms with Crippen molar-refractivity contribution >= 4 is 16.7 Å². The Morgan fingerprint density at radius 3 is 2.58 bits per heavy atom. The Hall–Kier alpha value is -1.57. The Morgan fingerprint density at radius 2 is 1.95 bits per heavy atom. The van der Waals surface area contributed by atoms with Crippen molar-refractivity contribution in [3.63, 3.8) is 0 Å². The Kier molecular flexibility index (Phi) is 2.77. The van der Waals surface area contributed by atoms with E-state index >= 15 is 0 Å². The number of nitrogens with zero attached hydrogens (tertiary/aromatic N) is 1. The molecule has 2 N–H and O–H groups in total. The first-order valence-electron chi connectivity index (χ1n) is 7.11. The zero-order valence-corrected chi connectivity index (χ0v) is 12.0. The minimum Gasteiger partial charge on any atom is -0.383 e. The molecule has 100 valence electrons. The van der Waals surface area contributed by atoms with Crippen LogP contribution in [-0.4, -0.2) is 4.98 Å². The van der Waals surface area contributed by atoms with E-state index in [9.17, 15) is 0 Å². The summed E-state index contributed by atoms with van der Waals surface area (Å²) in [6.45, 7) is 6.78. The van der Waals surface area contributed by atoms with Crippen LogP contribution < -0.4 is 5.73 Å². The van der Waals surface area contributed by atoms with Crippen molar-refractivity contribution in [2.45, 2.75) is 46.0 Å². The molecule has 3 rings (SSSR count). The number of fused-ring (bicyclic) bond motifs is 1. The Labute approximate surface area is 115 Å². The normalized spacial score (nSPS) is 15.9. The number of rotatable bonds is 2. The molecule has 0 aliphatic heterocycles. The third kappa shape index (κ3) is 2.73. The van der Waals surface area contributed by atoms with E-state index < -0.39 is 0 Å². The van der Waals surface area contributed by atoms with E-state index in [-0.39, 0.29) is 0 Å². The van der Waals surface area contributed by atoms with Gasteiger partial charge in [0.05, 0.1) is 5.52 Å². The fourth-order valence-corrected chi connectivity index (χ4v) is 2.69. The standard InChI is InChI=1S/C17H22N2/c1-17(2,3)10-11-4-5-13-9-14(12-6-7-12)16(18)19-15(13)8-11/h4-5,8-9,12H,6-7,10H2,1-3H3,(H2,18,19). The molecule has 0 amide bonds. The molecule has 0 radical (unpaired) electrons. The highest BCUT2D eigenvalue weighted by Crippen LogP contribution is 2.43. The molecule has 0 saturated heterocycles. The molecule has 0 bridgehead atoms. The van der Waals surface area contributed by atoms with Gasteiger partial charge >= 0.3 is 0 Å². The molecule has 1 heterocycles. The van der Waals surface area contributed by atoms with Crippen LogP contribution in [0.15, 0.2) is 24.3 Å². The first-order valence-corrected chi connectivity index (χ1v) is 7.11. The molecule has 1 saturated carbocycles. The number of anilines is 1. The molecule has 2 heteroatoms. The molecule has 2 aromatic rings. The Bertz CT molecular complexity index is 619. The molecule has 0 unspecified atom stereocenters. The lowest BCUT2D eigenvalue weighted by molar-refractivity contribution is 0.411. The lowest BCUT2D eigenvalue weighted by Gasteiger charge is -2.18. The summed E-state index contributed by atoms with van der Waals surface area (Å²) in [7, 11) is 0. The van der Waals surface area contributed by atoms with Gasteiger partial charge in [-0.25, -0.2) is 4.98 Å². The maximum absolute atomic E-state index is 6.09. The number of hydrogen-bond donors (Lipinski definition) is 1. The number of nitrogen functional groups attached to an aromatic ring is 1. The number of hydrogen-bond acceptors (Lipinski definition) is 2. The molecule has 0 spiro atoms. The summed E-state index contributed by atoms with van der Waals surface area (Å²) in [5, 5.41) is 1.22. The van der Waals surface area contributed by atoms with Crippen LogP contribution in [-0.2, 0) is 6.42 Å². The van der Waals surface area contributed by atoms with Crippen molar-refractivity contribution < 1.29 is 0 Å². The number of pyridine rings is 1. The predicted octanol–water partition coefficient (Wildman–Crippen LogP) is 4.28. The molecule has 0 atom stereocenters. The molecule has 1 aliphatic rings. The second-order valence-electron chi connectivity index (χ2n) is 7.00. The van der Waals surface area contributed by atoms with Crippen molar-refractivity contribution in [1.29, 1.82) is 0 Å². The summed E-state index contributed by atoms with van der Waals surface area (Å²) in [5.74, 6) is 1.38. The first-order chi connectivity index (χ1) is 8.92. The third-order valence-electron chi connectivity index (χ3n) is 3.69. The summed E-state index contributed by atoms with van der Waals surface area (Å²) in [6.07, 6.45) is 3.59. The minimum atomic E-state index is 0.299. The van der Waals surface area contributed by atoms with Crippen LogP contribution in [0.5, 0.6) is 0 Å². The van der Waals surface area contributed by atoms with Gasteiger partial charge in [0.1, 0.15) is 5.82 Å². The highest BCUT2D eigenvalue weighted by molar-refractivity contribution is 5.82. The SMILES string of the molecule is CC(C)(C)Cc1ccc2cc(C3CC3)c(N)nc2c1. The van der Waals surface area contributed by atoms with Gasteiger partial charge in [-0.1, -0.05) is 32.9 Å². The van der Waals surface area contributed by atoms with E-state index in [4.69, 9.17) is 5.73 Å². The quantitative estimate of drug-likeness (QED) is 0.868. The number of aromatic nitrogens is 1. The lowest BCUT2D eigenvalue weighted by atomic mass is 9.88. The van der Waals surface area contributed by atoms with Crippen molar-refractivity contribution in [2.24, 2.45) is 5.41 Å². The predicted molar refractivity (Wildman–Crippen MR) is 81.3 cm³/mol. The van der Waals surface area contributed by atoms with Crippen LogP contribution in [0.1, 0.15) is 50.7 Å². The maximum Gasteiger partial charge on any atom is 0.127 e. The van der Waals surface area contributed by atoms with Gasteiger partial charge in [0.25, 0.3) is 0 Å². The molecule has 1 aromatic carbocycles.